The average Bonchev–Trinajstić information content (AvgIpc) is 3.34. The van der Waals surface area contributed by atoms with Gasteiger partial charge in [0.05, 0.1) is 42.1 Å². The molecule has 1 atom stereocenters. The van der Waals surface area contributed by atoms with E-state index in [-0.39, 0.29) is 34.7 Å². The number of aromatic nitrogens is 1. The van der Waals surface area contributed by atoms with Gasteiger partial charge in [0, 0.05) is 5.02 Å². The first-order valence-corrected chi connectivity index (χ1v) is 17.6. The number of hydrogen-bond acceptors (Lipinski definition) is 8. The highest BCUT2D eigenvalue weighted by Crippen LogP contribution is 2.38. The summed E-state index contributed by atoms with van der Waals surface area (Å²) in [5.74, 6) is -1.03. The van der Waals surface area contributed by atoms with Crippen LogP contribution in [0.1, 0.15) is 46.9 Å². The molecule has 0 bridgehead atoms. The lowest BCUT2D eigenvalue weighted by atomic mass is 9.95. The van der Waals surface area contributed by atoms with Gasteiger partial charge >= 0.3 is 18.1 Å². The Morgan fingerprint density at radius 2 is 1.58 bits per heavy atom. The standard InChI is InChI=1S/C33H24ClF3I2N2O6S/c1-3-45-30(43)20-7-5-17(6-8-20)16-47-27-22(38)13-18(14-23(27)39)15-24-29(42)41-26(19-9-11-21(34)12-10-19)25(31(44)46-4-2)28(33(35,36)37)40-32(41)48-24/h5-15,26H,3-4,16H2,1-2H3/b24-15-/t26-/m1/s1. The van der Waals surface area contributed by atoms with Crippen molar-refractivity contribution in [1.82, 2.24) is 4.57 Å². The number of alkyl halides is 3. The first-order valence-electron chi connectivity index (χ1n) is 14.3. The van der Waals surface area contributed by atoms with Crippen LogP contribution in [0.25, 0.3) is 6.08 Å². The summed E-state index contributed by atoms with van der Waals surface area (Å²) < 4.78 is 61.9. The van der Waals surface area contributed by atoms with Crippen molar-refractivity contribution in [3.05, 3.63) is 126 Å². The molecule has 48 heavy (non-hydrogen) atoms. The minimum Gasteiger partial charge on any atom is -0.487 e. The van der Waals surface area contributed by atoms with Crippen LogP contribution in [0.4, 0.5) is 13.2 Å². The van der Waals surface area contributed by atoms with Crippen LogP contribution in [0.5, 0.6) is 5.75 Å². The molecule has 8 nitrogen and oxygen atoms in total. The zero-order chi connectivity index (χ0) is 34.7. The Morgan fingerprint density at radius 1 is 0.979 bits per heavy atom. The Balaban J connectivity index is 1.53. The summed E-state index contributed by atoms with van der Waals surface area (Å²) in [6, 6.07) is 14.8. The van der Waals surface area contributed by atoms with Crippen LogP contribution in [-0.4, -0.2) is 35.9 Å². The molecule has 0 unspecified atom stereocenters. The smallest absolute Gasteiger partial charge is 0.434 e. The van der Waals surface area contributed by atoms with E-state index in [4.69, 9.17) is 25.8 Å². The highest BCUT2D eigenvalue weighted by Gasteiger charge is 2.45. The highest BCUT2D eigenvalue weighted by atomic mass is 127. The topological polar surface area (TPSA) is 96.2 Å². The molecule has 0 spiro atoms. The van der Waals surface area contributed by atoms with E-state index in [1.54, 1.807) is 49.4 Å². The van der Waals surface area contributed by atoms with Gasteiger partial charge in [0.25, 0.3) is 5.56 Å². The summed E-state index contributed by atoms with van der Waals surface area (Å²) in [6.07, 6.45) is -3.45. The Hall–Kier alpha value is -3.22. The Kier molecular flexibility index (Phi) is 11.4. The van der Waals surface area contributed by atoms with Crippen LogP contribution >= 0.6 is 68.1 Å². The second-order valence-corrected chi connectivity index (χ2v) is 13.9. The number of carbonyl (C=O) groups excluding carboxylic acids is 2. The van der Waals surface area contributed by atoms with Crippen LogP contribution in [0.15, 0.2) is 81.7 Å². The Bertz CT molecular complexity index is 2070. The molecule has 1 aliphatic rings. The lowest BCUT2D eigenvalue weighted by molar-refractivity contribution is -0.140. The summed E-state index contributed by atoms with van der Waals surface area (Å²) in [5.41, 5.74) is -0.738. The van der Waals surface area contributed by atoms with E-state index in [1.165, 1.54) is 31.2 Å². The summed E-state index contributed by atoms with van der Waals surface area (Å²) in [4.78, 5) is 42.4. The van der Waals surface area contributed by atoms with Gasteiger partial charge in [0.2, 0.25) is 0 Å². The summed E-state index contributed by atoms with van der Waals surface area (Å²) in [6.45, 7) is 3.54. The Morgan fingerprint density at radius 3 is 2.17 bits per heavy atom. The van der Waals surface area contributed by atoms with E-state index in [2.05, 4.69) is 50.2 Å². The number of nitrogens with zero attached hydrogens (tertiary/aromatic N) is 2. The minimum absolute atomic E-state index is 0.112. The number of halogens is 6. The third kappa shape index (κ3) is 7.81. The quantitative estimate of drug-likeness (QED) is 0.133. The van der Waals surface area contributed by atoms with Gasteiger partial charge in [-0.3, -0.25) is 9.36 Å². The molecule has 5 rings (SSSR count). The molecule has 250 valence electrons. The van der Waals surface area contributed by atoms with Gasteiger partial charge in [-0.2, -0.15) is 13.2 Å². The monoisotopic (exact) mass is 922 g/mol. The lowest BCUT2D eigenvalue weighted by Crippen LogP contribution is -2.41. The van der Waals surface area contributed by atoms with Crippen molar-refractivity contribution in [1.29, 1.82) is 0 Å². The first-order chi connectivity index (χ1) is 22.8. The average molecular weight is 923 g/mol. The van der Waals surface area contributed by atoms with Crippen LogP contribution in [0, 0.1) is 7.14 Å². The molecule has 0 aliphatic carbocycles. The van der Waals surface area contributed by atoms with E-state index < -0.39 is 41.0 Å². The van der Waals surface area contributed by atoms with E-state index in [9.17, 15) is 27.6 Å². The molecule has 0 N–H and O–H groups in total. The maximum atomic E-state index is 14.4. The number of allylic oxidation sites excluding steroid dienone is 1. The van der Waals surface area contributed by atoms with Gasteiger partial charge in [0.15, 0.2) is 10.5 Å². The zero-order valence-corrected chi connectivity index (χ0v) is 31.0. The zero-order valence-electron chi connectivity index (χ0n) is 25.1. The second kappa shape index (κ2) is 15.1. The van der Waals surface area contributed by atoms with Crippen LogP contribution in [-0.2, 0) is 20.9 Å². The van der Waals surface area contributed by atoms with Gasteiger partial charge in [-0.25, -0.2) is 14.6 Å². The normalized spacial score (nSPS) is 14.8. The fourth-order valence-electron chi connectivity index (χ4n) is 4.86. The molecule has 0 fully saturated rings. The van der Waals surface area contributed by atoms with E-state index >= 15 is 0 Å². The molecule has 15 heteroatoms. The number of rotatable bonds is 9. The molecule has 4 aromatic rings. The number of thiazole rings is 1. The van der Waals surface area contributed by atoms with Gasteiger partial charge in [0.1, 0.15) is 12.4 Å². The van der Waals surface area contributed by atoms with Gasteiger partial charge in [-0.15, -0.1) is 0 Å². The van der Waals surface area contributed by atoms with E-state index in [0.29, 0.717) is 21.9 Å². The molecule has 0 saturated heterocycles. The van der Waals surface area contributed by atoms with Crippen LogP contribution in [0.3, 0.4) is 0 Å². The maximum Gasteiger partial charge on any atom is 0.434 e. The molecule has 0 radical (unpaired) electrons. The summed E-state index contributed by atoms with van der Waals surface area (Å²) >= 11 is 11.0. The van der Waals surface area contributed by atoms with Crippen molar-refractivity contribution < 1.29 is 37.0 Å². The predicted molar refractivity (Wildman–Crippen MR) is 191 cm³/mol. The number of fused-ring (bicyclic) bond motifs is 1. The number of carbonyl (C=O) groups is 2. The first kappa shape index (κ1) is 36.1. The third-order valence-electron chi connectivity index (χ3n) is 6.95. The van der Waals surface area contributed by atoms with E-state index in [1.807, 2.05) is 0 Å². The molecule has 0 amide bonds. The Labute approximate surface area is 308 Å². The largest absolute Gasteiger partial charge is 0.487 e. The van der Waals surface area contributed by atoms with Crippen molar-refractivity contribution in [2.75, 3.05) is 13.2 Å². The summed E-state index contributed by atoms with van der Waals surface area (Å²) in [5, 5.41) is 0.326. The van der Waals surface area contributed by atoms with Crippen molar-refractivity contribution in [2.45, 2.75) is 32.7 Å². The molecule has 2 heterocycles. The van der Waals surface area contributed by atoms with Crippen LogP contribution < -0.4 is 19.6 Å². The fraction of sp³-hybridized carbons (Fsp3) is 0.212. The predicted octanol–water partition coefficient (Wildman–Crippen LogP) is 6.96. The molecule has 1 aromatic heterocycles. The maximum absolute atomic E-state index is 14.4. The number of ether oxygens (including phenoxy) is 3. The van der Waals surface area contributed by atoms with Crippen molar-refractivity contribution in [3.63, 3.8) is 0 Å². The van der Waals surface area contributed by atoms with Gasteiger partial charge < -0.3 is 14.2 Å². The molecular formula is C33H24ClF3I2N2O6S. The van der Waals surface area contributed by atoms with E-state index in [0.717, 1.165) is 28.6 Å². The fourth-order valence-corrected chi connectivity index (χ4v) is 8.11. The molecule has 3 aromatic carbocycles. The van der Waals surface area contributed by atoms with Gasteiger partial charge in [-0.05, 0) is 118 Å². The minimum atomic E-state index is -5.01. The van der Waals surface area contributed by atoms with Crippen LogP contribution in [0.2, 0.25) is 5.02 Å². The SMILES string of the molecule is CCOC(=O)C1=C(C(F)(F)F)N=c2s/c(=C\c3cc(I)c(OCc4ccc(C(=O)OCC)cc4)c(I)c3)c(=O)n2[C@@H]1c1ccc(Cl)cc1. The molecular weight excluding hydrogens is 899 g/mol. The number of esters is 2. The van der Waals surface area contributed by atoms with Gasteiger partial charge in [-0.1, -0.05) is 47.2 Å². The van der Waals surface area contributed by atoms with Crippen molar-refractivity contribution >= 4 is 86.1 Å². The number of hydrogen-bond donors (Lipinski definition) is 0. The third-order valence-corrected chi connectivity index (χ3v) is 9.78. The number of benzene rings is 3. The molecule has 0 saturated carbocycles. The highest BCUT2D eigenvalue weighted by molar-refractivity contribution is 14.1. The summed E-state index contributed by atoms with van der Waals surface area (Å²) in [7, 11) is 0. The van der Waals surface area contributed by atoms with Crippen molar-refractivity contribution in [2.24, 2.45) is 4.99 Å². The molecule has 1 aliphatic heterocycles. The van der Waals surface area contributed by atoms with Crippen molar-refractivity contribution in [3.8, 4) is 5.75 Å². The second-order valence-electron chi connectivity index (χ2n) is 10.1. The lowest BCUT2D eigenvalue weighted by Gasteiger charge is -2.26.